The molecular formula is C22H19NO4. The van der Waals surface area contributed by atoms with Crippen molar-refractivity contribution >= 4 is 23.5 Å². The molecule has 1 fully saturated rings. The molecule has 0 unspecified atom stereocenters. The molecule has 136 valence electrons. The minimum absolute atomic E-state index is 0.184. The van der Waals surface area contributed by atoms with Gasteiger partial charge in [-0.25, -0.2) is 9.69 Å². The molecule has 0 saturated carbocycles. The Bertz CT molecular complexity index is 936. The van der Waals surface area contributed by atoms with Crippen LogP contribution in [0.3, 0.4) is 0 Å². The highest BCUT2D eigenvalue weighted by atomic mass is 16.5. The lowest BCUT2D eigenvalue weighted by Crippen LogP contribution is -2.30. The summed E-state index contributed by atoms with van der Waals surface area (Å²) in [6, 6.07) is 13.7. The summed E-state index contributed by atoms with van der Waals surface area (Å²) in [5.74, 6) is -1.12. The van der Waals surface area contributed by atoms with Crippen LogP contribution in [0.2, 0.25) is 0 Å². The molecule has 2 amide bonds. The van der Waals surface area contributed by atoms with Gasteiger partial charge < -0.3 is 4.74 Å². The van der Waals surface area contributed by atoms with E-state index in [1.165, 1.54) is 4.90 Å². The fourth-order valence-electron chi connectivity index (χ4n) is 3.70. The van der Waals surface area contributed by atoms with Crippen LogP contribution in [0.4, 0.5) is 5.69 Å². The maximum atomic E-state index is 12.7. The van der Waals surface area contributed by atoms with E-state index in [9.17, 15) is 14.4 Å². The summed E-state index contributed by atoms with van der Waals surface area (Å²) in [7, 11) is 0. The molecule has 2 aliphatic rings. The number of benzene rings is 2. The SMILES string of the molecule is Cc1ccccc1C(=O)Oc1cccc(N2C(=O)[C@H]3CC=CC[C@@H]3C2=O)c1. The molecule has 4 rings (SSSR count). The molecule has 5 heteroatoms. The highest BCUT2D eigenvalue weighted by Gasteiger charge is 2.47. The summed E-state index contributed by atoms with van der Waals surface area (Å²) in [5.41, 5.74) is 1.74. The number of carbonyl (C=O) groups excluding carboxylic acids is 3. The van der Waals surface area contributed by atoms with Crippen molar-refractivity contribution in [2.45, 2.75) is 19.8 Å². The van der Waals surface area contributed by atoms with E-state index in [1.54, 1.807) is 36.4 Å². The molecular weight excluding hydrogens is 342 g/mol. The van der Waals surface area contributed by atoms with Gasteiger partial charge in [0, 0.05) is 6.07 Å². The Morgan fingerprint density at radius 1 is 0.963 bits per heavy atom. The molecule has 0 N–H and O–H groups in total. The molecule has 1 heterocycles. The summed E-state index contributed by atoms with van der Waals surface area (Å²) in [5, 5.41) is 0. The Kier molecular flexibility index (Phi) is 4.36. The average molecular weight is 361 g/mol. The number of allylic oxidation sites excluding steroid dienone is 2. The second kappa shape index (κ2) is 6.83. The lowest BCUT2D eigenvalue weighted by atomic mass is 9.85. The van der Waals surface area contributed by atoms with Gasteiger partial charge in [-0.05, 0) is 43.5 Å². The van der Waals surface area contributed by atoms with Gasteiger partial charge in [-0.3, -0.25) is 9.59 Å². The monoisotopic (exact) mass is 361 g/mol. The number of esters is 1. The van der Waals surface area contributed by atoms with Crippen molar-refractivity contribution in [3.8, 4) is 5.75 Å². The first kappa shape index (κ1) is 17.2. The van der Waals surface area contributed by atoms with Crippen LogP contribution < -0.4 is 9.64 Å². The third kappa shape index (κ3) is 3.05. The minimum Gasteiger partial charge on any atom is -0.423 e. The number of hydrogen-bond acceptors (Lipinski definition) is 4. The molecule has 5 nitrogen and oxygen atoms in total. The van der Waals surface area contributed by atoms with Crippen molar-refractivity contribution in [1.29, 1.82) is 0 Å². The maximum absolute atomic E-state index is 12.7. The molecule has 2 aromatic carbocycles. The van der Waals surface area contributed by atoms with Crippen molar-refractivity contribution in [1.82, 2.24) is 0 Å². The fourth-order valence-corrected chi connectivity index (χ4v) is 3.70. The third-order valence-corrected chi connectivity index (χ3v) is 5.16. The Hall–Kier alpha value is -3.21. The zero-order chi connectivity index (χ0) is 19.0. The molecule has 0 aromatic heterocycles. The third-order valence-electron chi connectivity index (χ3n) is 5.16. The van der Waals surface area contributed by atoms with Crippen molar-refractivity contribution in [3.63, 3.8) is 0 Å². The highest BCUT2D eigenvalue weighted by molar-refractivity contribution is 6.22. The molecule has 0 radical (unpaired) electrons. The lowest BCUT2D eigenvalue weighted by molar-refractivity contribution is -0.122. The number of ether oxygens (including phenoxy) is 1. The van der Waals surface area contributed by atoms with Gasteiger partial charge in [-0.1, -0.05) is 36.4 Å². The van der Waals surface area contributed by atoms with Gasteiger partial charge in [-0.15, -0.1) is 0 Å². The van der Waals surface area contributed by atoms with Crippen molar-refractivity contribution < 1.29 is 19.1 Å². The molecule has 2 atom stereocenters. The summed E-state index contributed by atoms with van der Waals surface area (Å²) < 4.78 is 5.47. The van der Waals surface area contributed by atoms with E-state index in [4.69, 9.17) is 4.74 Å². The number of hydrogen-bond donors (Lipinski definition) is 0. The predicted molar refractivity (Wildman–Crippen MR) is 100 cm³/mol. The smallest absolute Gasteiger partial charge is 0.343 e. The van der Waals surface area contributed by atoms with E-state index >= 15 is 0 Å². The molecule has 0 spiro atoms. The number of amides is 2. The molecule has 27 heavy (non-hydrogen) atoms. The van der Waals surface area contributed by atoms with Crippen LogP contribution >= 0.6 is 0 Å². The predicted octanol–water partition coefficient (Wildman–Crippen LogP) is 3.67. The van der Waals surface area contributed by atoms with Crippen LogP contribution in [0, 0.1) is 18.8 Å². The summed E-state index contributed by atoms with van der Waals surface area (Å²) in [4.78, 5) is 39.1. The lowest BCUT2D eigenvalue weighted by Gasteiger charge is -2.16. The van der Waals surface area contributed by atoms with E-state index in [1.807, 2.05) is 31.2 Å². The largest absolute Gasteiger partial charge is 0.423 e. The molecule has 1 saturated heterocycles. The fraction of sp³-hybridized carbons (Fsp3) is 0.227. The topological polar surface area (TPSA) is 63.7 Å². The zero-order valence-electron chi connectivity index (χ0n) is 14.9. The molecule has 2 aromatic rings. The standard InChI is InChI=1S/C22H19NO4/c1-14-7-2-3-10-17(14)22(26)27-16-9-6-8-15(13-16)23-20(24)18-11-4-5-12-19(18)21(23)25/h2-10,13,18-19H,11-12H2,1H3/t18-,19-/m0/s1. The number of rotatable bonds is 3. The number of imide groups is 1. The van der Waals surface area contributed by atoms with E-state index in [0.717, 1.165) is 5.56 Å². The second-order valence-corrected chi connectivity index (χ2v) is 6.87. The van der Waals surface area contributed by atoms with Crippen LogP contribution in [-0.2, 0) is 9.59 Å². The second-order valence-electron chi connectivity index (χ2n) is 6.87. The average Bonchev–Trinajstić information content (AvgIpc) is 2.93. The van der Waals surface area contributed by atoms with Gasteiger partial charge in [-0.2, -0.15) is 0 Å². The Morgan fingerprint density at radius 3 is 2.30 bits per heavy atom. The van der Waals surface area contributed by atoms with Crippen LogP contribution in [0.1, 0.15) is 28.8 Å². The van der Waals surface area contributed by atoms with E-state index in [0.29, 0.717) is 29.8 Å². The van der Waals surface area contributed by atoms with Crippen molar-refractivity contribution in [3.05, 3.63) is 71.8 Å². The first-order valence-corrected chi connectivity index (χ1v) is 8.97. The van der Waals surface area contributed by atoms with Gasteiger partial charge in [0.25, 0.3) is 0 Å². The van der Waals surface area contributed by atoms with Crippen LogP contribution in [0.5, 0.6) is 5.75 Å². The first-order valence-electron chi connectivity index (χ1n) is 8.97. The van der Waals surface area contributed by atoms with Crippen LogP contribution in [0.15, 0.2) is 60.7 Å². The minimum atomic E-state index is -0.470. The van der Waals surface area contributed by atoms with Crippen molar-refractivity contribution in [2.75, 3.05) is 4.90 Å². The molecule has 1 aliphatic heterocycles. The van der Waals surface area contributed by atoms with E-state index in [2.05, 4.69) is 0 Å². The number of carbonyl (C=O) groups is 3. The summed E-state index contributed by atoms with van der Waals surface area (Å²) >= 11 is 0. The van der Waals surface area contributed by atoms with Crippen LogP contribution in [-0.4, -0.2) is 17.8 Å². The van der Waals surface area contributed by atoms with Gasteiger partial charge in [0.1, 0.15) is 5.75 Å². The first-order chi connectivity index (χ1) is 13.1. The van der Waals surface area contributed by atoms with Gasteiger partial charge >= 0.3 is 5.97 Å². The highest BCUT2D eigenvalue weighted by Crippen LogP contribution is 2.38. The quantitative estimate of drug-likeness (QED) is 0.362. The van der Waals surface area contributed by atoms with Crippen molar-refractivity contribution in [2.24, 2.45) is 11.8 Å². The number of nitrogens with zero attached hydrogens (tertiary/aromatic N) is 1. The van der Waals surface area contributed by atoms with E-state index in [-0.39, 0.29) is 23.7 Å². The number of fused-ring (bicyclic) bond motifs is 1. The molecule has 1 aliphatic carbocycles. The molecule has 0 bridgehead atoms. The van der Waals surface area contributed by atoms with Gasteiger partial charge in [0.15, 0.2) is 0 Å². The van der Waals surface area contributed by atoms with Gasteiger partial charge in [0.2, 0.25) is 11.8 Å². The Morgan fingerprint density at radius 2 is 1.63 bits per heavy atom. The Balaban J connectivity index is 1.58. The van der Waals surface area contributed by atoms with E-state index < -0.39 is 5.97 Å². The van der Waals surface area contributed by atoms with Gasteiger partial charge in [0.05, 0.1) is 23.1 Å². The number of anilines is 1. The summed E-state index contributed by atoms with van der Waals surface area (Å²) in [6.45, 7) is 1.84. The normalized spacial score (nSPS) is 21.3. The Labute approximate surface area is 157 Å². The number of aryl methyl sites for hydroxylation is 1. The maximum Gasteiger partial charge on any atom is 0.343 e. The summed E-state index contributed by atoms with van der Waals surface area (Å²) in [6.07, 6.45) is 5.09. The zero-order valence-corrected chi connectivity index (χ0v) is 14.9. The van der Waals surface area contributed by atoms with Crippen LogP contribution in [0.25, 0.3) is 0 Å².